The second kappa shape index (κ2) is 5.72. The Balaban J connectivity index is 2.63. The number of ether oxygens (including phenoxy) is 1. The number of aliphatic hydroxyl groups is 1. The summed E-state index contributed by atoms with van der Waals surface area (Å²) < 4.78 is 6.76. The maximum absolute atomic E-state index is 9.93. The molecule has 0 spiro atoms. The zero-order valence-electron chi connectivity index (χ0n) is 9.53. The molecule has 0 fully saturated rings. The lowest BCUT2D eigenvalue weighted by Crippen LogP contribution is -2.23. The van der Waals surface area contributed by atoms with Gasteiger partial charge in [0.2, 0.25) is 0 Å². The number of aryl methyl sites for hydroxylation is 1. The van der Waals surface area contributed by atoms with Crippen LogP contribution in [0.5, 0.6) is 5.75 Å². The van der Waals surface area contributed by atoms with E-state index in [9.17, 15) is 5.11 Å². The summed E-state index contributed by atoms with van der Waals surface area (Å²) >= 11 is 0. The van der Waals surface area contributed by atoms with Crippen molar-refractivity contribution < 1.29 is 9.84 Å². The zero-order chi connectivity index (χ0) is 11.3. The van der Waals surface area contributed by atoms with Crippen molar-refractivity contribution in [1.82, 2.24) is 15.1 Å². The predicted molar refractivity (Wildman–Crippen MR) is 57.9 cm³/mol. The number of aromatic nitrogens is 2. The largest absolute Gasteiger partial charge is 0.493 e. The highest BCUT2D eigenvalue weighted by Gasteiger charge is 2.17. The van der Waals surface area contributed by atoms with E-state index in [4.69, 9.17) is 4.74 Å². The molecule has 5 nitrogen and oxygen atoms in total. The van der Waals surface area contributed by atoms with Gasteiger partial charge in [0, 0.05) is 13.6 Å². The van der Waals surface area contributed by atoms with E-state index in [1.807, 2.05) is 0 Å². The molecule has 1 aromatic heterocycles. The van der Waals surface area contributed by atoms with Gasteiger partial charge in [-0.3, -0.25) is 4.68 Å². The fraction of sp³-hybridized carbons (Fsp3) is 0.700. The van der Waals surface area contributed by atoms with Crippen LogP contribution in [0.2, 0.25) is 0 Å². The van der Waals surface area contributed by atoms with E-state index in [1.54, 1.807) is 25.0 Å². The molecule has 15 heavy (non-hydrogen) atoms. The van der Waals surface area contributed by atoms with Crippen molar-refractivity contribution in [1.29, 1.82) is 0 Å². The lowest BCUT2D eigenvalue weighted by Gasteiger charge is -2.13. The Labute approximate surface area is 90.1 Å². The van der Waals surface area contributed by atoms with E-state index in [0.717, 1.165) is 13.0 Å². The Kier molecular flexibility index (Phi) is 4.58. The van der Waals surface area contributed by atoms with Gasteiger partial charge in [0.1, 0.15) is 11.8 Å². The minimum absolute atomic E-state index is 0.518. The summed E-state index contributed by atoms with van der Waals surface area (Å²) in [6.45, 7) is 3.50. The summed E-state index contributed by atoms with van der Waals surface area (Å²) in [5, 5.41) is 17.1. The van der Waals surface area contributed by atoms with Gasteiger partial charge in [-0.2, -0.15) is 5.10 Å². The average molecular weight is 213 g/mol. The molecule has 86 valence electrons. The van der Waals surface area contributed by atoms with Crippen LogP contribution in [0.15, 0.2) is 6.20 Å². The molecule has 0 saturated heterocycles. The second-order valence-corrected chi connectivity index (χ2v) is 3.44. The molecular formula is C10H19N3O2. The van der Waals surface area contributed by atoms with E-state index < -0.39 is 6.10 Å². The third-order valence-electron chi connectivity index (χ3n) is 2.25. The van der Waals surface area contributed by atoms with E-state index in [1.165, 1.54) is 0 Å². The Hall–Kier alpha value is -1.07. The summed E-state index contributed by atoms with van der Waals surface area (Å²) in [6.07, 6.45) is 2.08. The quantitative estimate of drug-likeness (QED) is 0.674. The van der Waals surface area contributed by atoms with Crippen LogP contribution in [-0.2, 0) is 7.05 Å². The molecule has 0 aliphatic heterocycles. The number of aliphatic hydroxyl groups excluding tert-OH is 1. The molecule has 0 amide bonds. The molecule has 5 heteroatoms. The SMILES string of the molecule is CCCNCC(O)c1c(OC)cnn1C. The van der Waals surface area contributed by atoms with Gasteiger partial charge in [-0.05, 0) is 13.0 Å². The highest BCUT2D eigenvalue weighted by atomic mass is 16.5. The highest BCUT2D eigenvalue weighted by Crippen LogP contribution is 2.23. The minimum atomic E-state index is -0.584. The first-order valence-electron chi connectivity index (χ1n) is 5.15. The smallest absolute Gasteiger partial charge is 0.162 e. The van der Waals surface area contributed by atoms with Gasteiger partial charge < -0.3 is 15.2 Å². The Morgan fingerprint density at radius 2 is 2.40 bits per heavy atom. The van der Waals surface area contributed by atoms with Crippen LogP contribution in [0.1, 0.15) is 25.1 Å². The normalized spacial score (nSPS) is 12.8. The summed E-state index contributed by atoms with van der Waals surface area (Å²) in [4.78, 5) is 0. The number of hydrogen-bond donors (Lipinski definition) is 2. The van der Waals surface area contributed by atoms with Gasteiger partial charge in [0.15, 0.2) is 5.75 Å². The molecule has 0 aliphatic carbocycles. The van der Waals surface area contributed by atoms with Crippen molar-refractivity contribution in [2.24, 2.45) is 7.05 Å². The molecule has 0 bridgehead atoms. The Bertz CT molecular complexity index is 299. The molecule has 1 aromatic rings. The minimum Gasteiger partial charge on any atom is -0.493 e. The van der Waals surface area contributed by atoms with Crippen LogP contribution in [-0.4, -0.2) is 35.1 Å². The third-order valence-corrected chi connectivity index (χ3v) is 2.25. The van der Waals surface area contributed by atoms with Gasteiger partial charge in [-0.1, -0.05) is 6.92 Å². The van der Waals surface area contributed by atoms with Crippen LogP contribution in [0, 0.1) is 0 Å². The highest BCUT2D eigenvalue weighted by molar-refractivity contribution is 5.27. The summed E-state index contributed by atoms with van der Waals surface area (Å²) in [5.74, 6) is 0.628. The fourth-order valence-corrected chi connectivity index (χ4v) is 1.48. The monoisotopic (exact) mass is 213 g/mol. The molecular weight excluding hydrogens is 194 g/mol. The predicted octanol–water partition coefficient (Wildman–Crippen LogP) is 0.462. The Morgan fingerprint density at radius 1 is 1.67 bits per heavy atom. The average Bonchev–Trinajstić information content (AvgIpc) is 2.59. The van der Waals surface area contributed by atoms with Gasteiger partial charge >= 0.3 is 0 Å². The first kappa shape index (κ1) is 12.0. The molecule has 0 saturated carbocycles. The van der Waals surface area contributed by atoms with E-state index >= 15 is 0 Å². The number of methoxy groups -OCH3 is 1. The molecule has 1 rings (SSSR count). The number of nitrogens with one attached hydrogen (secondary N) is 1. The van der Waals surface area contributed by atoms with Crippen molar-refractivity contribution in [2.75, 3.05) is 20.2 Å². The van der Waals surface area contributed by atoms with E-state index in [2.05, 4.69) is 17.3 Å². The first-order chi connectivity index (χ1) is 7.20. The topological polar surface area (TPSA) is 59.3 Å². The molecule has 0 radical (unpaired) electrons. The number of rotatable bonds is 6. The lowest BCUT2D eigenvalue weighted by molar-refractivity contribution is 0.161. The van der Waals surface area contributed by atoms with Gasteiger partial charge in [0.05, 0.1) is 13.3 Å². The van der Waals surface area contributed by atoms with Crippen LogP contribution in [0.4, 0.5) is 0 Å². The van der Waals surface area contributed by atoms with Crippen molar-refractivity contribution in [3.05, 3.63) is 11.9 Å². The molecule has 0 aliphatic rings. The van der Waals surface area contributed by atoms with Crippen molar-refractivity contribution in [3.8, 4) is 5.75 Å². The third kappa shape index (κ3) is 2.94. The molecule has 1 heterocycles. The molecule has 0 aromatic carbocycles. The van der Waals surface area contributed by atoms with Gasteiger partial charge in [0.25, 0.3) is 0 Å². The first-order valence-corrected chi connectivity index (χ1v) is 5.15. The van der Waals surface area contributed by atoms with E-state index in [-0.39, 0.29) is 0 Å². The second-order valence-electron chi connectivity index (χ2n) is 3.44. The zero-order valence-corrected chi connectivity index (χ0v) is 9.53. The lowest BCUT2D eigenvalue weighted by atomic mass is 10.2. The molecule has 2 N–H and O–H groups in total. The van der Waals surface area contributed by atoms with Crippen LogP contribution in [0.3, 0.4) is 0 Å². The van der Waals surface area contributed by atoms with Gasteiger partial charge in [-0.15, -0.1) is 0 Å². The maximum atomic E-state index is 9.93. The van der Waals surface area contributed by atoms with Crippen molar-refractivity contribution in [2.45, 2.75) is 19.4 Å². The summed E-state index contributed by atoms with van der Waals surface area (Å²) in [6, 6.07) is 0. The fourth-order valence-electron chi connectivity index (χ4n) is 1.48. The van der Waals surface area contributed by atoms with Crippen LogP contribution in [0.25, 0.3) is 0 Å². The van der Waals surface area contributed by atoms with Crippen molar-refractivity contribution >= 4 is 0 Å². The summed E-state index contributed by atoms with van der Waals surface area (Å²) in [7, 11) is 3.37. The van der Waals surface area contributed by atoms with E-state index in [0.29, 0.717) is 18.0 Å². The summed E-state index contributed by atoms with van der Waals surface area (Å²) in [5.41, 5.74) is 0.709. The maximum Gasteiger partial charge on any atom is 0.162 e. The van der Waals surface area contributed by atoms with Crippen molar-refractivity contribution in [3.63, 3.8) is 0 Å². The molecule has 1 atom stereocenters. The van der Waals surface area contributed by atoms with Gasteiger partial charge in [-0.25, -0.2) is 0 Å². The number of nitrogens with zero attached hydrogens (tertiary/aromatic N) is 2. The Morgan fingerprint density at radius 3 is 3.00 bits per heavy atom. The standard InChI is InChI=1S/C10H19N3O2/c1-4-5-11-6-8(14)10-9(15-3)7-12-13(10)2/h7-8,11,14H,4-6H2,1-3H3. The molecule has 1 unspecified atom stereocenters. The van der Waals surface area contributed by atoms with Crippen LogP contribution < -0.4 is 10.1 Å². The number of hydrogen-bond acceptors (Lipinski definition) is 4. The van der Waals surface area contributed by atoms with Crippen LogP contribution >= 0.6 is 0 Å².